The SMILES string of the molecule is CC(C)OC(=O)c1c(NC(=O)C2c3ccccc3Oc3ccccc32)sc2c1CCCCCCCCCC2. The van der Waals surface area contributed by atoms with Crippen molar-refractivity contribution in [3.8, 4) is 11.5 Å². The van der Waals surface area contributed by atoms with Crippen LogP contribution in [0.25, 0.3) is 0 Å². The number of aryl methyl sites for hydroxylation is 1. The Balaban J connectivity index is 1.52. The van der Waals surface area contributed by atoms with Crippen LogP contribution in [0.15, 0.2) is 48.5 Å². The van der Waals surface area contributed by atoms with Crippen LogP contribution in [0.3, 0.4) is 0 Å². The molecule has 0 fully saturated rings. The minimum Gasteiger partial charge on any atom is -0.459 e. The highest BCUT2D eigenvalue weighted by Crippen LogP contribution is 2.45. The number of esters is 1. The molecule has 0 saturated carbocycles. The molecule has 5 rings (SSSR count). The van der Waals surface area contributed by atoms with E-state index in [4.69, 9.17) is 9.47 Å². The van der Waals surface area contributed by atoms with Crippen LogP contribution < -0.4 is 10.1 Å². The van der Waals surface area contributed by atoms with Crippen LogP contribution >= 0.6 is 11.3 Å². The smallest absolute Gasteiger partial charge is 0.341 e. The molecule has 2 aromatic carbocycles. The third-order valence-electron chi connectivity index (χ3n) is 7.40. The first-order valence-corrected chi connectivity index (χ1v) is 14.9. The van der Waals surface area contributed by atoms with Crippen molar-refractivity contribution >= 4 is 28.2 Å². The van der Waals surface area contributed by atoms with E-state index in [0.29, 0.717) is 22.1 Å². The summed E-state index contributed by atoms with van der Waals surface area (Å²) in [6.07, 6.45) is 11.1. The summed E-state index contributed by atoms with van der Waals surface area (Å²) in [6.45, 7) is 3.73. The van der Waals surface area contributed by atoms with Gasteiger partial charge in [0.1, 0.15) is 16.5 Å². The number of carbonyl (C=O) groups is 2. The summed E-state index contributed by atoms with van der Waals surface area (Å²) in [7, 11) is 0. The predicted molar refractivity (Wildman–Crippen MR) is 153 cm³/mol. The molecule has 2 aliphatic rings. The lowest BCUT2D eigenvalue weighted by Gasteiger charge is -2.27. The predicted octanol–water partition coefficient (Wildman–Crippen LogP) is 8.41. The van der Waals surface area contributed by atoms with Crippen molar-refractivity contribution in [2.45, 2.75) is 90.1 Å². The van der Waals surface area contributed by atoms with E-state index in [1.165, 1.54) is 37.0 Å². The van der Waals surface area contributed by atoms with Crippen LogP contribution in [0.2, 0.25) is 0 Å². The third-order valence-corrected chi connectivity index (χ3v) is 8.60. The molecule has 1 aliphatic carbocycles. The number of fused-ring (bicyclic) bond motifs is 3. The Morgan fingerprint density at radius 3 is 2.00 bits per heavy atom. The second-order valence-corrected chi connectivity index (χ2v) is 11.7. The summed E-state index contributed by atoms with van der Waals surface area (Å²) in [6, 6.07) is 15.3. The average molecular weight is 532 g/mol. The number of benzene rings is 2. The monoisotopic (exact) mass is 531 g/mol. The lowest BCUT2D eigenvalue weighted by atomic mass is 9.87. The van der Waals surface area contributed by atoms with Gasteiger partial charge >= 0.3 is 5.97 Å². The van der Waals surface area contributed by atoms with Gasteiger partial charge in [0.25, 0.3) is 0 Å². The van der Waals surface area contributed by atoms with E-state index in [2.05, 4.69) is 5.32 Å². The summed E-state index contributed by atoms with van der Waals surface area (Å²) in [5.41, 5.74) is 3.28. The Bertz CT molecular complexity index is 1250. The molecule has 1 aromatic heterocycles. The lowest BCUT2D eigenvalue weighted by Crippen LogP contribution is -2.25. The van der Waals surface area contributed by atoms with E-state index in [-0.39, 0.29) is 18.0 Å². The molecule has 0 saturated heterocycles. The van der Waals surface area contributed by atoms with Gasteiger partial charge in [0.05, 0.1) is 17.6 Å². The van der Waals surface area contributed by atoms with Crippen LogP contribution in [-0.2, 0) is 22.4 Å². The molecular formula is C32H37NO4S. The first-order chi connectivity index (χ1) is 18.5. The zero-order valence-electron chi connectivity index (χ0n) is 22.4. The van der Waals surface area contributed by atoms with Crippen LogP contribution in [0.4, 0.5) is 5.00 Å². The number of rotatable bonds is 4. The molecule has 0 atom stereocenters. The summed E-state index contributed by atoms with van der Waals surface area (Å²) in [4.78, 5) is 28.7. The molecule has 0 radical (unpaired) electrons. The van der Waals surface area contributed by atoms with Gasteiger partial charge in [0, 0.05) is 16.0 Å². The van der Waals surface area contributed by atoms with Gasteiger partial charge in [-0.25, -0.2) is 4.79 Å². The number of hydrogen-bond acceptors (Lipinski definition) is 5. The number of nitrogens with one attached hydrogen (secondary N) is 1. The normalized spacial score (nSPS) is 16.2. The molecule has 200 valence electrons. The Morgan fingerprint density at radius 2 is 1.39 bits per heavy atom. The molecule has 3 aromatic rings. The summed E-state index contributed by atoms with van der Waals surface area (Å²) >= 11 is 1.56. The van der Waals surface area contributed by atoms with E-state index >= 15 is 0 Å². The van der Waals surface area contributed by atoms with E-state index in [1.54, 1.807) is 11.3 Å². The Kier molecular flexibility index (Phi) is 8.48. The molecule has 1 N–H and O–H groups in total. The zero-order chi connectivity index (χ0) is 26.5. The van der Waals surface area contributed by atoms with Crippen molar-refractivity contribution in [3.05, 3.63) is 75.7 Å². The van der Waals surface area contributed by atoms with Crippen LogP contribution in [0.5, 0.6) is 11.5 Å². The number of hydrogen-bond donors (Lipinski definition) is 1. The van der Waals surface area contributed by atoms with E-state index < -0.39 is 5.92 Å². The van der Waals surface area contributed by atoms with Crippen molar-refractivity contribution in [2.24, 2.45) is 0 Å². The van der Waals surface area contributed by atoms with Gasteiger partial charge in [0.2, 0.25) is 5.91 Å². The Morgan fingerprint density at radius 1 is 0.842 bits per heavy atom. The van der Waals surface area contributed by atoms with Crippen molar-refractivity contribution in [2.75, 3.05) is 5.32 Å². The second-order valence-electron chi connectivity index (χ2n) is 10.6. The number of anilines is 1. The number of amides is 1. The number of thiophene rings is 1. The van der Waals surface area contributed by atoms with Gasteiger partial charge in [0.15, 0.2) is 0 Å². The maximum Gasteiger partial charge on any atom is 0.341 e. The highest BCUT2D eigenvalue weighted by Gasteiger charge is 2.34. The lowest BCUT2D eigenvalue weighted by molar-refractivity contribution is -0.116. The van der Waals surface area contributed by atoms with Gasteiger partial charge < -0.3 is 14.8 Å². The summed E-state index contributed by atoms with van der Waals surface area (Å²) in [5, 5.41) is 3.81. The zero-order valence-corrected chi connectivity index (χ0v) is 23.2. The van der Waals surface area contributed by atoms with E-state index in [9.17, 15) is 9.59 Å². The summed E-state index contributed by atoms with van der Waals surface area (Å²) < 4.78 is 11.8. The van der Waals surface area contributed by atoms with Gasteiger partial charge in [-0.2, -0.15) is 0 Å². The first kappa shape index (κ1) is 26.5. The standard InChI is InChI=1S/C32H37NO4S/c1-21(2)36-32(35)29-24-17-9-7-5-3-4-6-8-10-20-27(24)38-31(29)33-30(34)28-22-15-11-13-18-25(22)37-26-19-14-12-16-23(26)28/h11-16,18-19,21,28H,3-10,17,20H2,1-2H3,(H,33,34). The minimum atomic E-state index is -0.534. The fraction of sp³-hybridized carbons (Fsp3) is 0.438. The molecular weight excluding hydrogens is 494 g/mol. The molecule has 0 spiro atoms. The van der Waals surface area contributed by atoms with Crippen molar-refractivity contribution < 1.29 is 19.1 Å². The quantitative estimate of drug-likeness (QED) is 0.343. The highest BCUT2D eigenvalue weighted by molar-refractivity contribution is 7.17. The van der Waals surface area contributed by atoms with Crippen LogP contribution in [0, 0.1) is 0 Å². The van der Waals surface area contributed by atoms with Gasteiger partial charge in [-0.3, -0.25) is 4.79 Å². The molecule has 5 nitrogen and oxygen atoms in total. The second kappa shape index (κ2) is 12.2. The van der Waals surface area contributed by atoms with Gasteiger partial charge in [-0.15, -0.1) is 11.3 Å². The van der Waals surface area contributed by atoms with Crippen molar-refractivity contribution in [1.82, 2.24) is 0 Å². The molecule has 2 heterocycles. The minimum absolute atomic E-state index is 0.163. The first-order valence-electron chi connectivity index (χ1n) is 14.0. The van der Waals surface area contributed by atoms with Crippen LogP contribution in [-0.4, -0.2) is 18.0 Å². The average Bonchev–Trinajstić information content (AvgIpc) is 3.23. The third kappa shape index (κ3) is 5.80. The van der Waals surface area contributed by atoms with Crippen molar-refractivity contribution in [1.29, 1.82) is 0 Å². The van der Waals surface area contributed by atoms with Crippen LogP contribution in [0.1, 0.15) is 103 Å². The number of ether oxygens (including phenoxy) is 2. The van der Waals surface area contributed by atoms with E-state index in [1.807, 2.05) is 62.4 Å². The molecule has 1 amide bonds. The molecule has 1 aliphatic heterocycles. The molecule has 0 bridgehead atoms. The summed E-state index contributed by atoms with van der Waals surface area (Å²) in [5.74, 6) is 0.331. The van der Waals surface area contributed by atoms with E-state index in [0.717, 1.165) is 48.8 Å². The molecule has 0 unspecified atom stereocenters. The molecule has 38 heavy (non-hydrogen) atoms. The maximum atomic E-state index is 14.0. The molecule has 6 heteroatoms. The Hall–Kier alpha value is -3.12. The van der Waals surface area contributed by atoms with Crippen molar-refractivity contribution in [3.63, 3.8) is 0 Å². The fourth-order valence-electron chi connectivity index (χ4n) is 5.58. The Labute approximate surface area is 229 Å². The largest absolute Gasteiger partial charge is 0.459 e. The fourth-order valence-corrected chi connectivity index (χ4v) is 6.86. The number of para-hydroxylation sites is 2. The topological polar surface area (TPSA) is 64.6 Å². The maximum absolute atomic E-state index is 14.0. The highest BCUT2D eigenvalue weighted by atomic mass is 32.1. The number of carbonyl (C=O) groups excluding carboxylic acids is 2. The van der Waals surface area contributed by atoms with Gasteiger partial charge in [-0.1, -0.05) is 74.9 Å². The van der Waals surface area contributed by atoms with Gasteiger partial charge in [-0.05, 0) is 57.2 Å².